The largest absolute Gasteiger partial charge is 0.508 e. The predicted octanol–water partition coefficient (Wildman–Crippen LogP) is 3.74. The van der Waals surface area contributed by atoms with Gasteiger partial charge < -0.3 is 19.7 Å². The molecule has 9 heteroatoms. The number of carbonyl (C=O) groups is 2. The van der Waals surface area contributed by atoms with Crippen molar-refractivity contribution in [3.63, 3.8) is 0 Å². The first-order valence-electron chi connectivity index (χ1n) is 8.88. The number of methoxy groups -OCH3 is 1. The number of hydrogen-bond donors (Lipinski definition) is 3. The number of phenolic OH excluding ortho intramolecular Hbond substituents is 2. The quantitative estimate of drug-likeness (QED) is 0.232. The summed E-state index contributed by atoms with van der Waals surface area (Å²) in [5, 5.41) is 23.3. The Morgan fingerprint density at radius 1 is 1.00 bits per heavy atom. The molecule has 0 spiro atoms. The van der Waals surface area contributed by atoms with Crippen LogP contribution < -0.4 is 14.9 Å². The first-order chi connectivity index (χ1) is 14.9. The van der Waals surface area contributed by atoms with E-state index in [-0.39, 0.29) is 28.6 Å². The molecule has 0 radical (unpaired) electrons. The molecule has 3 aromatic carbocycles. The van der Waals surface area contributed by atoms with Gasteiger partial charge in [0.25, 0.3) is 5.91 Å². The number of rotatable bonds is 6. The van der Waals surface area contributed by atoms with Crippen LogP contribution in [0.15, 0.2) is 65.8 Å². The molecule has 8 nitrogen and oxygen atoms in total. The number of carbonyl (C=O) groups excluding carboxylic acids is 2. The molecule has 3 rings (SSSR count). The van der Waals surface area contributed by atoms with Crippen LogP contribution in [0.1, 0.15) is 26.3 Å². The van der Waals surface area contributed by atoms with E-state index in [0.29, 0.717) is 16.1 Å². The van der Waals surface area contributed by atoms with E-state index >= 15 is 0 Å². The van der Waals surface area contributed by atoms with E-state index in [4.69, 9.17) is 21.1 Å². The molecular weight excluding hydrogens is 424 g/mol. The number of hydrazone groups is 1. The van der Waals surface area contributed by atoms with Crippen molar-refractivity contribution < 1.29 is 29.3 Å². The number of amides is 1. The second-order valence-electron chi connectivity index (χ2n) is 6.21. The van der Waals surface area contributed by atoms with Gasteiger partial charge in [-0.1, -0.05) is 11.6 Å². The predicted molar refractivity (Wildman–Crippen MR) is 114 cm³/mol. The Bertz CT molecular complexity index is 1150. The lowest BCUT2D eigenvalue weighted by atomic mass is 10.2. The molecule has 0 saturated heterocycles. The molecule has 0 atom stereocenters. The normalized spacial score (nSPS) is 10.6. The lowest BCUT2D eigenvalue weighted by Gasteiger charge is -2.10. The zero-order valence-electron chi connectivity index (χ0n) is 16.2. The van der Waals surface area contributed by atoms with Gasteiger partial charge in [-0.05, 0) is 60.2 Å². The molecule has 31 heavy (non-hydrogen) atoms. The summed E-state index contributed by atoms with van der Waals surface area (Å²) in [6, 6.07) is 14.6. The number of halogens is 1. The Morgan fingerprint density at radius 2 is 1.74 bits per heavy atom. The number of ether oxygens (including phenoxy) is 2. The van der Waals surface area contributed by atoms with Crippen LogP contribution >= 0.6 is 11.6 Å². The van der Waals surface area contributed by atoms with Gasteiger partial charge in [-0.3, -0.25) is 4.79 Å². The van der Waals surface area contributed by atoms with Gasteiger partial charge in [0.2, 0.25) is 0 Å². The minimum atomic E-state index is -0.658. The minimum absolute atomic E-state index is 0.0445. The second-order valence-corrected chi connectivity index (χ2v) is 6.64. The summed E-state index contributed by atoms with van der Waals surface area (Å²) in [6.45, 7) is 0. The molecule has 0 aliphatic heterocycles. The maximum Gasteiger partial charge on any atom is 0.343 e. The zero-order valence-corrected chi connectivity index (χ0v) is 17.0. The highest BCUT2D eigenvalue weighted by molar-refractivity contribution is 6.30. The highest BCUT2D eigenvalue weighted by Crippen LogP contribution is 2.28. The summed E-state index contributed by atoms with van der Waals surface area (Å²) in [5.41, 5.74) is 3.11. The van der Waals surface area contributed by atoms with Crippen molar-refractivity contribution in [2.24, 2.45) is 5.10 Å². The molecule has 0 saturated carbocycles. The van der Waals surface area contributed by atoms with E-state index in [2.05, 4.69) is 10.5 Å². The highest BCUT2D eigenvalue weighted by atomic mass is 35.5. The van der Waals surface area contributed by atoms with Gasteiger partial charge in [0.1, 0.15) is 11.5 Å². The molecule has 0 aromatic heterocycles. The van der Waals surface area contributed by atoms with E-state index in [1.54, 1.807) is 36.4 Å². The number of aromatic hydroxyl groups is 2. The second kappa shape index (κ2) is 9.64. The van der Waals surface area contributed by atoms with Crippen LogP contribution in [0.4, 0.5) is 0 Å². The molecule has 3 aromatic rings. The molecule has 158 valence electrons. The molecule has 3 N–H and O–H groups in total. The van der Waals surface area contributed by atoms with Crippen molar-refractivity contribution in [2.75, 3.05) is 7.11 Å². The van der Waals surface area contributed by atoms with Gasteiger partial charge in [0.05, 0.1) is 24.5 Å². The fourth-order valence-electron chi connectivity index (χ4n) is 2.53. The van der Waals surface area contributed by atoms with Crippen LogP contribution in [0.3, 0.4) is 0 Å². The minimum Gasteiger partial charge on any atom is -0.508 e. The third kappa shape index (κ3) is 5.52. The van der Waals surface area contributed by atoms with Gasteiger partial charge in [-0.15, -0.1) is 0 Å². The Morgan fingerprint density at radius 3 is 2.42 bits per heavy atom. The van der Waals surface area contributed by atoms with Gasteiger partial charge in [0, 0.05) is 11.1 Å². The van der Waals surface area contributed by atoms with E-state index in [0.717, 1.165) is 6.07 Å². The lowest BCUT2D eigenvalue weighted by molar-refractivity contribution is 0.0729. The number of esters is 1. The number of benzene rings is 3. The molecule has 0 aliphatic rings. The lowest BCUT2D eigenvalue weighted by Crippen LogP contribution is -2.17. The smallest absolute Gasteiger partial charge is 0.343 e. The van der Waals surface area contributed by atoms with Crippen molar-refractivity contribution in [2.45, 2.75) is 0 Å². The van der Waals surface area contributed by atoms with Crippen molar-refractivity contribution in [1.82, 2.24) is 5.43 Å². The Labute approximate surface area is 182 Å². The maximum atomic E-state index is 12.3. The van der Waals surface area contributed by atoms with Gasteiger partial charge >= 0.3 is 5.97 Å². The van der Waals surface area contributed by atoms with E-state index in [9.17, 15) is 19.8 Å². The number of nitrogens with zero attached hydrogens (tertiary/aromatic N) is 1. The molecule has 0 fully saturated rings. The summed E-state index contributed by atoms with van der Waals surface area (Å²) >= 11 is 5.82. The molecule has 0 aliphatic carbocycles. The first-order valence-corrected chi connectivity index (χ1v) is 9.26. The van der Waals surface area contributed by atoms with Gasteiger partial charge in [-0.25, -0.2) is 10.2 Å². The zero-order chi connectivity index (χ0) is 22.4. The molecule has 0 bridgehead atoms. The van der Waals surface area contributed by atoms with Crippen LogP contribution in [0, 0.1) is 0 Å². The summed E-state index contributed by atoms with van der Waals surface area (Å²) in [5.74, 6) is -1.28. The van der Waals surface area contributed by atoms with Crippen LogP contribution in [0.2, 0.25) is 5.02 Å². The Hall–Kier alpha value is -4.04. The summed E-state index contributed by atoms with van der Waals surface area (Å²) in [4.78, 5) is 24.3. The van der Waals surface area contributed by atoms with Crippen molar-refractivity contribution >= 4 is 29.7 Å². The average Bonchev–Trinajstić information content (AvgIpc) is 2.75. The fraction of sp³-hybridized carbons (Fsp3) is 0.0455. The van der Waals surface area contributed by atoms with E-state index in [1.807, 2.05) is 0 Å². The van der Waals surface area contributed by atoms with Crippen LogP contribution in [-0.2, 0) is 0 Å². The number of hydrogen-bond acceptors (Lipinski definition) is 7. The summed E-state index contributed by atoms with van der Waals surface area (Å²) in [6.07, 6.45) is 1.35. The first kappa shape index (κ1) is 21.7. The van der Waals surface area contributed by atoms with E-state index < -0.39 is 11.9 Å². The summed E-state index contributed by atoms with van der Waals surface area (Å²) in [7, 11) is 1.42. The van der Waals surface area contributed by atoms with Crippen LogP contribution in [-0.4, -0.2) is 35.4 Å². The van der Waals surface area contributed by atoms with Gasteiger partial charge in [0.15, 0.2) is 11.5 Å². The molecule has 0 unspecified atom stereocenters. The number of phenols is 2. The highest BCUT2D eigenvalue weighted by Gasteiger charge is 2.13. The molecule has 0 heterocycles. The molecular formula is C22H17ClN2O6. The van der Waals surface area contributed by atoms with Gasteiger partial charge in [-0.2, -0.15) is 5.10 Å². The monoisotopic (exact) mass is 440 g/mol. The van der Waals surface area contributed by atoms with Crippen LogP contribution in [0.5, 0.6) is 23.0 Å². The van der Waals surface area contributed by atoms with Crippen molar-refractivity contribution in [3.8, 4) is 23.0 Å². The standard InChI is InChI=1S/C22H17ClN2O6/c1-30-20-10-13(12-24-25-21(28)17-8-7-16(26)11-18(17)27)2-9-19(20)31-22(29)14-3-5-15(23)6-4-14/h2-12,26-27H,1H3,(H,25,28)/b24-12+. The topological polar surface area (TPSA) is 117 Å². The Balaban J connectivity index is 1.68. The SMILES string of the molecule is COc1cc(/C=N/NC(=O)c2ccc(O)cc2O)ccc1OC(=O)c1ccc(Cl)cc1. The molecule has 1 amide bonds. The maximum absolute atomic E-state index is 12.3. The van der Waals surface area contributed by atoms with Crippen LogP contribution in [0.25, 0.3) is 0 Å². The third-order valence-electron chi connectivity index (χ3n) is 4.08. The van der Waals surface area contributed by atoms with Crippen molar-refractivity contribution in [3.05, 3.63) is 82.4 Å². The van der Waals surface area contributed by atoms with E-state index in [1.165, 1.54) is 31.5 Å². The Kier molecular flexibility index (Phi) is 6.74. The summed E-state index contributed by atoms with van der Waals surface area (Å²) < 4.78 is 10.6. The van der Waals surface area contributed by atoms with Crippen molar-refractivity contribution in [1.29, 1.82) is 0 Å². The average molecular weight is 441 g/mol. The number of nitrogens with one attached hydrogen (secondary N) is 1. The third-order valence-corrected chi connectivity index (χ3v) is 4.33. The fourth-order valence-corrected chi connectivity index (χ4v) is 2.66.